The first kappa shape index (κ1) is 20.5. The van der Waals surface area contributed by atoms with Gasteiger partial charge in [-0.2, -0.15) is 5.10 Å². The quantitative estimate of drug-likeness (QED) is 0.696. The molecule has 3 aromatic rings. The Bertz CT molecular complexity index is 1160. The van der Waals surface area contributed by atoms with Gasteiger partial charge in [0.1, 0.15) is 35.7 Å². The van der Waals surface area contributed by atoms with Crippen LogP contribution in [0.15, 0.2) is 48.5 Å². The van der Waals surface area contributed by atoms with Gasteiger partial charge in [0, 0.05) is 18.3 Å². The molecule has 0 saturated heterocycles. The number of hydrogen-bond donors (Lipinski definition) is 1. The zero-order valence-corrected chi connectivity index (χ0v) is 16.9. The Labute approximate surface area is 177 Å². The number of halogens is 2. The third kappa shape index (κ3) is 4.11. The van der Waals surface area contributed by atoms with Crippen LogP contribution in [0.5, 0.6) is 5.75 Å². The third-order valence-corrected chi connectivity index (χ3v) is 5.11. The normalized spacial score (nSPS) is 15.8. The highest BCUT2D eigenvalue weighted by atomic mass is 19.1. The molecule has 0 fully saturated rings. The van der Waals surface area contributed by atoms with Crippen LogP contribution < -0.4 is 15.0 Å². The number of aromatic nitrogens is 2. The van der Waals surface area contributed by atoms with Crippen LogP contribution in [-0.2, 0) is 11.3 Å². The lowest BCUT2D eigenvalue weighted by atomic mass is 10.2. The van der Waals surface area contributed by atoms with Crippen LogP contribution in [0, 0.1) is 18.6 Å². The predicted octanol–water partition coefficient (Wildman–Crippen LogP) is 2.67. The van der Waals surface area contributed by atoms with Gasteiger partial charge in [0.2, 0.25) is 0 Å². The van der Waals surface area contributed by atoms with Crippen LogP contribution in [0.3, 0.4) is 0 Å². The number of likely N-dealkylation sites (N-methyl/N-ethyl adjacent to an activating group) is 1. The van der Waals surface area contributed by atoms with Crippen LogP contribution in [0.4, 0.5) is 14.5 Å². The van der Waals surface area contributed by atoms with E-state index in [1.807, 2.05) is 0 Å². The predicted molar refractivity (Wildman–Crippen MR) is 109 cm³/mol. The average molecular weight is 426 g/mol. The first-order chi connectivity index (χ1) is 14.8. The number of benzene rings is 2. The second kappa shape index (κ2) is 8.17. The van der Waals surface area contributed by atoms with E-state index in [1.54, 1.807) is 38.2 Å². The molecule has 2 amide bonds. The molecule has 0 spiro atoms. The van der Waals surface area contributed by atoms with E-state index in [1.165, 1.54) is 15.6 Å². The Morgan fingerprint density at radius 1 is 1.23 bits per heavy atom. The Hall–Kier alpha value is -3.75. The van der Waals surface area contributed by atoms with Gasteiger partial charge in [0.05, 0.1) is 12.2 Å². The summed E-state index contributed by atoms with van der Waals surface area (Å²) in [5.74, 6) is -1.46. The molecule has 2 heterocycles. The number of aryl methyl sites for hydroxylation is 1. The first-order valence-corrected chi connectivity index (χ1v) is 9.62. The lowest BCUT2D eigenvalue weighted by Crippen LogP contribution is -2.49. The van der Waals surface area contributed by atoms with E-state index < -0.39 is 23.6 Å². The molecule has 160 valence electrons. The molecule has 1 aliphatic rings. The van der Waals surface area contributed by atoms with Crippen LogP contribution >= 0.6 is 0 Å². The summed E-state index contributed by atoms with van der Waals surface area (Å²) in [6.07, 6.45) is 0. The monoisotopic (exact) mass is 426 g/mol. The fourth-order valence-electron chi connectivity index (χ4n) is 3.40. The van der Waals surface area contributed by atoms with Gasteiger partial charge >= 0.3 is 0 Å². The summed E-state index contributed by atoms with van der Waals surface area (Å²) >= 11 is 0. The number of hydrogen-bond acceptors (Lipinski definition) is 4. The van der Waals surface area contributed by atoms with E-state index in [4.69, 9.17) is 4.74 Å². The van der Waals surface area contributed by atoms with Gasteiger partial charge in [-0.05, 0) is 43.3 Å². The van der Waals surface area contributed by atoms with E-state index in [9.17, 15) is 18.4 Å². The smallest absolute Gasteiger partial charge is 0.272 e. The molecule has 31 heavy (non-hydrogen) atoms. The minimum absolute atomic E-state index is 0.0277. The van der Waals surface area contributed by atoms with Crippen molar-refractivity contribution in [2.75, 3.05) is 18.6 Å². The summed E-state index contributed by atoms with van der Waals surface area (Å²) in [5.41, 5.74) is 1.37. The number of para-hydroxylation sites is 2. The van der Waals surface area contributed by atoms with Gasteiger partial charge in [-0.15, -0.1) is 0 Å². The maximum atomic E-state index is 13.9. The van der Waals surface area contributed by atoms with Crippen molar-refractivity contribution in [3.8, 4) is 5.75 Å². The molecule has 0 unspecified atom stereocenters. The fourth-order valence-corrected chi connectivity index (χ4v) is 3.40. The van der Waals surface area contributed by atoms with Crippen LogP contribution in [-0.4, -0.2) is 41.3 Å². The summed E-state index contributed by atoms with van der Waals surface area (Å²) in [6, 6.07) is 10.9. The average Bonchev–Trinajstić information content (AvgIpc) is 3.07. The number of rotatable bonds is 4. The molecular weight excluding hydrogens is 406 g/mol. The molecule has 0 radical (unpaired) electrons. The molecular formula is C22H20F2N4O3. The maximum absolute atomic E-state index is 13.9. The molecule has 1 aliphatic heterocycles. The first-order valence-electron chi connectivity index (χ1n) is 9.62. The molecule has 0 saturated carbocycles. The van der Waals surface area contributed by atoms with Crippen molar-refractivity contribution < 1.29 is 23.1 Å². The third-order valence-electron chi connectivity index (χ3n) is 5.11. The molecule has 1 aromatic heterocycles. The van der Waals surface area contributed by atoms with Gasteiger partial charge in [0.25, 0.3) is 11.8 Å². The van der Waals surface area contributed by atoms with E-state index in [2.05, 4.69) is 10.4 Å². The number of carbonyl (C=O) groups is 2. The number of nitrogens with one attached hydrogen (secondary N) is 1. The largest absolute Gasteiger partial charge is 0.489 e. The molecule has 2 aromatic carbocycles. The zero-order valence-electron chi connectivity index (χ0n) is 16.9. The standard InChI is InChI=1S/C22H20F2N4O3/c1-13-9-17(26-28(13)11-14-10-15(23)7-8-16(14)24)21(29)25-18-12-31-20-6-4-3-5-19(20)27(2)22(18)30/h3-10,18H,11-12H2,1-2H3,(H,25,29)/t18-/m0/s1. The molecule has 1 N–H and O–H groups in total. The van der Waals surface area contributed by atoms with Gasteiger partial charge < -0.3 is 15.0 Å². The molecule has 0 aliphatic carbocycles. The number of anilines is 1. The second-order valence-corrected chi connectivity index (χ2v) is 7.27. The van der Waals surface area contributed by atoms with Crippen molar-refractivity contribution in [3.05, 3.63) is 77.1 Å². The van der Waals surface area contributed by atoms with Crippen molar-refractivity contribution in [1.29, 1.82) is 0 Å². The van der Waals surface area contributed by atoms with Crippen LogP contribution in [0.1, 0.15) is 21.7 Å². The minimum atomic E-state index is -0.906. The number of amides is 2. The molecule has 4 rings (SSSR count). The van der Waals surface area contributed by atoms with E-state index in [0.717, 1.165) is 18.2 Å². The summed E-state index contributed by atoms with van der Waals surface area (Å²) in [5, 5.41) is 6.85. The van der Waals surface area contributed by atoms with Gasteiger partial charge in [-0.1, -0.05) is 12.1 Å². The highest BCUT2D eigenvalue weighted by Gasteiger charge is 2.31. The van der Waals surface area contributed by atoms with E-state index in [-0.39, 0.29) is 30.3 Å². The fraction of sp³-hybridized carbons (Fsp3) is 0.227. The number of carbonyl (C=O) groups excluding carboxylic acids is 2. The van der Waals surface area contributed by atoms with Crippen LogP contribution in [0.25, 0.3) is 0 Å². The Morgan fingerprint density at radius 3 is 2.81 bits per heavy atom. The summed E-state index contributed by atoms with van der Waals surface area (Å²) in [4.78, 5) is 27.0. The lowest BCUT2D eigenvalue weighted by Gasteiger charge is -2.20. The summed E-state index contributed by atoms with van der Waals surface area (Å²) in [6.45, 7) is 1.64. The minimum Gasteiger partial charge on any atom is -0.489 e. The highest BCUT2D eigenvalue weighted by molar-refractivity contribution is 6.02. The zero-order chi connectivity index (χ0) is 22.1. The van der Waals surface area contributed by atoms with Gasteiger partial charge in [0.15, 0.2) is 0 Å². The van der Waals surface area contributed by atoms with Gasteiger partial charge in [-0.25, -0.2) is 8.78 Å². The van der Waals surface area contributed by atoms with Crippen molar-refractivity contribution in [2.24, 2.45) is 0 Å². The van der Waals surface area contributed by atoms with Crippen molar-refractivity contribution in [3.63, 3.8) is 0 Å². The van der Waals surface area contributed by atoms with Crippen molar-refractivity contribution in [2.45, 2.75) is 19.5 Å². The second-order valence-electron chi connectivity index (χ2n) is 7.27. The molecule has 0 bridgehead atoms. The van der Waals surface area contributed by atoms with E-state index >= 15 is 0 Å². The van der Waals surface area contributed by atoms with Gasteiger partial charge in [-0.3, -0.25) is 14.3 Å². The number of fused-ring (bicyclic) bond motifs is 1. The summed E-state index contributed by atoms with van der Waals surface area (Å²) in [7, 11) is 1.61. The molecule has 1 atom stereocenters. The van der Waals surface area contributed by atoms with E-state index in [0.29, 0.717) is 17.1 Å². The molecule has 9 heteroatoms. The van der Waals surface area contributed by atoms with Crippen molar-refractivity contribution >= 4 is 17.5 Å². The Balaban J connectivity index is 1.50. The maximum Gasteiger partial charge on any atom is 0.272 e. The Kier molecular flexibility index (Phi) is 5.41. The number of nitrogens with zero attached hydrogens (tertiary/aromatic N) is 3. The highest BCUT2D eigenvalue weighted by Crippen LogP contribution is 2.29. The summed E-state index contributed by atoms with van der Waals surface area (Å²) < 4.78 is 34.5. The SMILES string of the molecule is Cc1cc(C(=O)N[C@H]2COc3ccccc3N(C)C2=O)nn1Cc1cc(F)ccc1F. The van der Waals surface area contributed by atoms with Crippen molar-refractivity contribution in [1.82, 2.24) is 15.1 Å². The molecule has 7 nitrogen and oxygen atoms in total. The van der Waals surface area contributed by atoms with Crippen LogP contribution in [0.2, 0.25) is 0 Å². The Morgan fingerprint density at radius 2 is 2.00 bits per heavy atom. The lowest BCUT2D eigenvalue weighted by molar-refractivity contribution is -0.120. The number of ether oxygens (including phenoxy) is 1. The topological polar surface area (TPSA) is 76.5 Å².